The van der Waals surface area contributed by atoms with E-state index in [9.17, 15) is 10.2 Å². The summed E-state index contributed by atoms with van der Waals surface area (Å²) in [7, 11) is 0. The first-order valence-electron chi connectivity index (χ1n) is 16.7. The van der Waals surface area contributed by atoms with E-state index >= 15 is 0 Å². The minimum Gasteiger partial charge on any atom is -0.508 e. The van der Waals surface area contributed by atoms with Crippen LogP contribution < -0.4 is 5.32 Å². The van der Waals surface area contributed by atoms with Gasteiger partial charge in [-0.3, -0.25) is 0 Å². The van der Waals surface area contributed by atoms with Crippen LogP contribution in [0.2, 0.25) is 0 Å². The monoisotopic (exact) mass is 547 g/mol. The molecule has 0 spiro atoms. The molecule has 5 aliphatic rings. The topological polar surface area (TPSA) is 52.5 Å². The van der Waals surface area contributed by atoms with Crippen LogP contribution in [0, 0.1) is 57.2 Å². The molecule has 40 heavy (non-hydrogen) atoms. The first kappa shape index (κ1) is 28.8. The Kier molecular flexibility index (Phi) is 7.30. The van der Waals surface area contributed by atoms with Crippen molar-refractivity contribution in [1.29, 1.82) is 0 Å². The highest BCUT2D eigenvalue weighted by Crippen LogP contribution is 2.73. The van der Waals surface area contributed by atoms with Crippen LogP contribution in [0.15, 0.2) is 36.4 Å². The van der Waals surface area contributed by atoms with E-state index < -0.39 is 0 Å². The average molecular weight is 548 g/mol. The summed E-state index contributed by atoms with van der Waals surface area (Å²) in [6, 6.07) is 8.29. The van der Waals surface area contributed by atoms with Crippen LogP contribution in [0.25, 0.3) is 0 Å². The zero-order valence-electron chi connectivity index (χ0n) is 26.1. The molecule has 0 aromatic heterocycles. The highest BCUT2D eigenvalue weighted by molar-refractivity contribution is 5.26. The lowest BCUT2D eigenvalue weighted by atomic mass is 9.36. The smallest absolute Gasteiger partial charge is 0.115 e. The van der Waals surface area contributed by atoms with Crippen LogP contribution in [0.4, 0.5) is 0 Å². The third kappa shape index (κ3) is 4.26. The van der Waals surface area contributed by atoms with Gasteiger partial charge in [0, 0.05) is 12.6 Å². The SMILES string of the molecule is C=C(C)[C@@H]1CC[C@]2(CO)CC[C@@H]3[C@H](CC[C@H]4[C@@]3(C)CC[C@H]3C(C)(C)C(NCCc5ccc(O)cc5)CC[C@]43C)[C@@H]12. The number of aliphatic hydroxyl groups is 1. The number of hydrogen-bond acceptors (Lipinski definition) is 3. The molecule has 3 heteroatoms. The predicted molar refractivity (Wildman–Crippen MR) is 165 cm³/mol. The normalized spacial score (nSPS) is 45.6. The first-order chi connectivity index (χ1) is 19.0. The van der Waals surface area contributed by atoms with Gasteiger partial charge in [-0.25, -0.2) is 0 Å². The van der Waals surface area contributed by atoms with Crippen molar-refractivity contribution in [3.8, 4) is 5.75 Å². The summed E-state index contributed by atoms with van der Waals surface area (Å²) < 4.78 is 0. The molecule has 1 unspecified atom stereocenters. The summed E-state index contributed by atoms with van der Waals surface area (Å²) in [4.78, 5) is 0. The molecule has 5 saturated carbocycles. The zero-order valence-corrected chi connectivity index (χ0v) is 26.1. The number of hydrogen-bond donors (Lipinski definition) is 3. The summed E-state index contributed by atoms with van der Waals surface area (Å²) in [5, 5.41) is 24.3. The lowest BCUT2D eigenvalue weighted by molar-refractivity contribution is -0.204. The molecule has 0 heterocycles. The maximum absolute atomic E-state index is 10.7. The predicted octanol–water partition coefficient (Wildman–Crippen LogP) is 8.15. The molecule has 0 aliphatic heterocycles. The molecule has 1 aromatic carbocycles. The van der Waals surface area contributed by atoms with Crippen LogP contribution in [-0.4, -0.2) is 29.4 Å². The Hall–Kier alpha value is -1.32. The van der Waals surface area contributed by atoms with Crippen molar-refractivity contribution in [2.45, 2.75) is 111 Å². The number of phenols is 1. The molecule has 3 N–H and O–H groups in total. The van der Waals surface area contributed by atoms with Crippen molar-refractivity contribution in [2.75, 3.05) is 13.2 Å². The molecule has 10 atom stereocenters. The number of phenolic OH excluding ortho intramolecular Hbond substituents is 1. The van der Waals surface area contributed by atoms with Crippen LogP contribution in [-0.2, 0) is 6.42 Å². The van der Waals surface area contributed by atoms with Crippen molar-refractivity contribution in [3.05, 3.63) is 42.0 Å². The van der Waals surface area contributed by atoms with Gasteiger partial charge in [0.15, 0.2) is 0 Å². The Balaban J connectivity index is 1.19. The second-order valence-electron chi connectivity index (χ2n) is 16.4. The van der Waals surface area contributed by atoms with Crippen molar-refractivity contribution in [1.82, 2.24) is 5.32 Å². The van der Waals surface area contributed by atoms with Crippen LogP contribution >= 0.6 is 0 Å². The standard InChI is InChI=1S/C37H57NO2/c1-24(2)27-13-20-37(23-39)21-14-29-28(33(27)37)11-12-31-35(29,5)18-15-30-34(3,4)32(16-19-36(30,31)6)38-22-17-25-7-9-26(40)10-8-25/h7-10,27-33,38-40H,1,11-23H2,2-6H3/t27-,28-,29+,30-,31-,32?,33+,35-,36-,37+/m0/s1. The van der Waals surface area contributed by atoms with E-state index in [4.69, 9.17) is 0 Å². The number of benzene rings is 1. The van der Waals surface area contributed by atoms with Crippen molar-refractivity contribution in [3.63, 3.8) is 0 Å². The number of nitrogens with one attached hydrogen (secondary N) is 1. The van der Waals surface area contributed by atoms with Crippen LogP contribution in [0.5, 0.6) is 5.75 Å². The largest absolute Gasteiger partial charge is 0.508 e. The minimum absolute atomic E-state index is 0.168. The second-order valence-corrected chi connectivity index (χ2v) is 16.4. The fourth-order valence-corrected chi connectivity index (χ4v) is 12.7. The van der Waals surface area contributed by atoms with E-state index in [1.165, 1.54) is 75.3 Å². The molecule has 5 aliphatic carbocycles. The van der Waals surface area contributed by atoms with Gasteiger partial charge in [-0.15, -0.1) is 0 Å². The van der Waals surface area contributed by atoms with Gasteiger partial charge in [-0.1, -0.05) is 52.0 Å². The lowest BCUT2D eigenvalue weighted by Gasteiger charge is -2.69. The number of aliphatic hydroxyl groups excluding tert-OH is 1. The Morgan fingerprint density at radius 3 is 2.27 bits per heavy atom. The van der Waals surface area contributed by atoms with E-state index in [2.05, 4.69) is 58.6 Å². The zero-order chi connectivity index (χ0) is 28.5. The van der Waals surface area contributed by atoms with Gasteiger partial charge in [0.25, 0.3) is 0 Å². The second kappa shape index (κ2) is 10.1. The maximum Gasteiger partial charge on any atom is 0.115 e. The van der Waals surface area contributed by atoms with Gasteiger partial charge in [0.05, 0.1) is 0 Å². The number of fused-ring (bicyclic) bond motifs is 7. The van der Waals surface area contributed by atoms with E-state index in [-0.39, 0.29) is 10.8 Å². The van der Waals surface area contributed by atoms with Gasteiger partial charge < -0.3 is 15.5 Å². The summed E-state index contributed by atoms with van der Waals surface area (Å²) >= 11 is 0. The molecule has 3 nitrogen and oxygen atoms in total. The van der Waals surface area contributed by atoms with Gasteiger partial charge in [-0.2, -0.15) is 0 Å². The Bertz CT molecular complexity index is 1090. The Morgan fingerprint density at radius 1 is 0.875 bits per heavy atom. The van der Waals surface area contributed by atoms with Gasteiger partial charge >= 0.3 is 0 Å². The van der Waals surface area contributed by atoms with E-state index in [1.807, 2.05) is 0 Å². The lowest BCUT2D eigenvalue weighted by Crippen LogP contribution is -2.65. The number of aromatic hydroxyl groups is 1. The summed E-state index contributed by atoms with van der Waals surface area (Å²) in [6.07, 6.45) is 14.2. The van der Waals surface area contributed by atoms with Gasteiger partial charge in [0.1, 0.15) is 5.75 Å². The van der Waals surface area contributed by atoms with E-state index in [0.717, 1.165) is 36.6 Å². The van der Waals surface area contributed by atoms with E-state index in [0.29, 0.717) is 41.1 Å². The summed E-state index contributed by atoms with van der Waals surface area (Å²) in [5.41, 5.74) is 3.99. The van der Waals surface area contributed by atoms with Crippen LogP contribution in [0.3, 0.4) is 0 Å². The van der Waals surface area contributed by atoms with Crippen molar-refractivity contribution < 1.29 is 10.2 Å². The Morgan fingerprint density at radius 2 is 1.57 bits per heavy atom. The highest BCUT2D eigenvalue weighted by atomic mass is 16.3. The molecule has 0 radical (unpaired) electrons. The van der Waals surface area contributed by atoms with Crippen molar-refractivity contribution >= 4 is 0 Å². The number of allylic oxidation sites excluding steroid dienone is 1. The van der Waals surface area contributed by atoms with Crippen LogP contribution in [0.1, 0.15) is 104 Å². The van der Waals surface area contributed by atoms with Gasteiger partial charge in [-0.05, 0) is 159 Å². The molecule has 222 valence electrons. The quantitative estimate of drug-likeness (QED) is 0.315. The molecule has 1 aromatic rings. The summed E-state index contributed by atoms with van der Waals surface area (Å²) in [6.45, 7) is 18.7. The molecular formula is C37H57NO2. The molecule has 0 amide bonds. The molecule has 0 saturated heterocycles. The summed E-state index contributed by atoms with van der Waals surface area (Å²) in [5.74, 6) is 4.81. The maximum atomic E-state index is 10.7. The highest BCUT2D eigenvalue weighted by Gasteiger charge is 2.67. The molecule has 0 bridgehead atoms. The third-order valence-electron chi connectivity index (χ3n) is 14.5. The fraction of sp³-hybridized carbons (Fsp3) is 0.784. The average Bonchev–Trinajstić information content (AvgIpc) is 3.32. The van der Waals surface area contributed by atoms with Gasteiger partial charge in [0.2, 0.25) is 0 Å². The fourth-order valence-electron chi connectivity index (χ4n) is 12.7. The third-order valence-corrected chi connectivity index (χ3v) is 14.5. The number of rotatable bonds is 6. The molecule has 5 fully saturated rings. The van der Waals surface area contributed by atoms with E-state index in [1.54, 1.807) is 12.1 Å². The molecular weight excluding hydrogens is 490 g/mol. The molecule has 6 rings (SSSR count). The Labute approximate surface area is 244 Å². The van der Waals surface area contributed by atoms with Crippen molar-refractivity contribution in [2.24, 2.45) is 57.2 Å². The first-order valence-corrected chi connectivity index (χ1v) is 16.7. The minimum atomic E-state index is 0.168.